The molecule has 2 saturated carbocycles. The van der Waals surface area contributed by atoms with Crippen molar-refractivity contribution in [3.63, 3.8) is 0 Å². The minimum Gasteiger partial charge on any atom is -0.463 e. The number of benzene rings is 2. The first kappa shape index (κ1) is 31.9. The van der Waals surface area contributed by atoms with Gasteiger partial charge in [-0.2, -0.15) is 0 Å². The average molecular weight is 645 g/mol. The largest absolute Gasteiger partial charge is 0.463 e. The van der Waals surface area contributed by atoms with Gasteiger partial charge in [-0.05, 0) is 105 Å². The Morgan fingerprint density at radius 2 is 1.77 bits per heavy atom. The summed E-state index contributed by atoms with van der Waals surface area (Å²) in [6.45, 7) is 2.97. The highest BCUT2D eigenvalue weighted by Gasteiger charge is 2.43. The number of aromatic nitrogens is 2. The van der Waals surface area contributed by atoms with Crippen LogP contribution in [0.3, 0.4) is 0 Å². The molecule has 0 atom stereocenters. The fourth-order valence-electron chi connectivity index (χ4n) is 8.06. The molecule has 2 amide bonds. The second kappa shape index (κ2) is 13.8. The molecule has 8 heteroatoms. The second-order valence-electron chi connectivity index (χ2n) is 13.5. The number of aryl methyl sites for hydroxylation is 2. The summed E-state index contributed by atoms with van der Waals surface area (Å²) in [6.07, 6.45) is 16.0. The molecule has 8 nitrogen and oxygen atoms in total. The van der Waals surface area contributed by atoms with Gasteiger partial charge in [0.15, 0.2) is 0 Å². The van der Waals surface area contributed by atoms with Crippen molar-refractivity contribution in [2.75, 3.05) is 11.9 Å². The molecule has 2 aromatic heterocycles. The Morgan fingerprint density at radius 1 is 0.979 bits per heavy atom. The number of carbonyl (C=O) groups is 3. The van der Waals surface area contributed by atoms with Crippen molar-refractivity contribution in [3.05, 3.63) is 89.3 Å². The first-order valence-corrected chi connectivity index (χ1v) is 17.6. The van der Waals surface area contributed by atoms with E-state index in [1.165, 1.54) is 60.4 Å². The van der Waals surface area contributed by atoms with E-state index in [-0.39, 0.29) is 11.8 Å². The Hall–Kier alpha value is -4.72. The molecule has 0 unspecified atom stereocenters. The second-order valence-corrected chi connectivity index (χ2v) is 13.5. The molecule has 3 heterocycles. The number of amides is 2. The number of hydrogen-bond acceptors (Lipinski definition) is 5. The highest BCUT2D eigenvalue weighted by Crippen LogP contribution is 2.46. The molecule has 2 N–H and O–H groups in total. The number of nitrogens with one attached hydrogen (secondary N) is 2. The lowest BCUT2D eigenvalue weighted by atomic mass is 9.81. The number of nitrogens with zero attached hydrogens (tertiary/aromatic N) is 2. The lowest BCUT2D eigenvalue weighted by molar-refractivity contribution is -0.137. The zero-order chi connectivity index (χ0) is 33.1. The summed E-state index contributed by atoms with van der Waals surface area (Å²) in [5, 5.41) is 7.47. The molecule has 248 valence electrons. The van der Waals surface area contributed by atoms with E-state index in [2.05, 4.69) is 27.3 Å². The number of carbonyl (C=O) groups excluding carboxylic acids is 3. The molecule has 2 aromatic carbocycles. The van der Waals surface area contributed by atoms with Crippen LogP contribution in [0.1, 0.15) is 104 Å². The molecule has 3 aliphatic rings. The molecule has 0 spiro atoms. The Labute approximate surface area is 282 Å². The molecular weight excluding hydrogens is 600 g/mol. The van der Waals surface area contributed by atoms with Crippen molar-refractivity contribution in [2.24, 2.45) is 0 Å². The van der Waals surface area contributed by atoms with Gasteiger partial charge >= 0.3 is 5.97 Å². The summed E-state index contributed by atoms with van der Waals surface area (Å²) in [7, 11) is 0. The third-order valence-corrected chi connectivity index (χ3v) is 10.4. The van der Waals surface area contributed by atoms with Crippen LogP contribution in [0.5, 0.6) is 0 Å². The van der Waals surface area contributed by atoms with Gasteiger partial charge in [-0.25, -0.2) is 4.79 Å². The summed E-state index contributed by atoms with van der Waals surface area (Å²) in [5.74, 6) is -0.327. The Kier molecular flexibility index (Phi) is 9.15. The van der Waals surface area contributed by atoms with E-state index in [0.717, 1.165) is 49.0 Å². The van der Waals surface area contributed by atoms with Crippen molar-refractivity contribution in [2.45, 2.75) is 95.6 Å². The summed E-state index contributed by atoms with van der Waals surface area (Å²) in [5.41, 5.74) is 7.22. The molecule has 4 aromatic rings. The maximum Gasteiger partial charge on any atom is 0.330 e. The summed E-state index contributed by atoms with van der Waals surface area (Å²) < 4.78 is 7.38. The van der Waals surface area contributed by atoms with E-state index in [1.54, 1.807) is 25.1 Å². The molecule has 0 saturated heterocycles. The minimum absolute atomic E-state index is 0.204. The summed E-state index contributed by atoms with van der Waals surface area (Å²) in [6, 6.07) is 17.7. The van der Waals surface area contributed by atoms with Gasteiger partial charge in [0.1, 0.15) is 5.54 Å². The van der Waals surface area contributed by atoms with Crippen LogP contribution in [0, 0.1) is 0 Å². The fraction of sp³-hybridized carbons (Fsp3) is 0.400. The number of rotatable bonds is 8. The number of anilines is 1. The van der Waals surface area contributed by atoms with Gasteiger partial charge in [0.25, 0.3) is 5.91 Å². The predicted octanol–water partition coefficient (Wildman–Crippen LogP) is 7.95. The Balaban J connectivity index is 1.16. The van der Waals surface area contributed by atoms with Gasteiger partial charge in [0.05, 0.1) is 12.3 Å². The number of ether oxygens (including phenoxy) is 1. The molecule has 7 rings (SSSR count). The van der Waals surface area contributed by atoms with Gasteiger partial charge in [0.2, 0.25) is 5.91 Å². The van der Waals surface area contributed by atoms with E-state index in [1.807, 2.05) is 36.5 Å². The third-order valence-electron chi connectivity index (χ3n) is 10.4. The standard InChI is InChI=1S/C40H44N4O4/c1-2-48-35(45)21-16-27-14-18-30(19-15-27)42-39(47)40(22-6-7-23-40)43-38(46)29-17-20-32-34(26-29)44-25-9-13-33-31(12-8-24-41-33)37(44)36(32)28-10-4-3-5-11-28/h8,12,14-21,24,26,28H,2-7,9-11,13,22-23,25H2,1H3,(H,42,47)(H,43,46)/b21-16+. The first-order chi connectivity index (χ1) is 23.5. The lowest BCUT2D eigenvalue weighted by Gasteiger charge is -2.29. The Bertz CT molecular complexity index is 1860. The zero-order valence-electron chi connectivity index (χ0n) is 27.7. The molecule has 2 fully saturated rings. The average Bonchev–Trinajstić information content (AvgIpc) is 3.66. The monoisotopic (exact) mass is 644 g/mol. The molecule has 0 radical (unpaired) electrons. The number of fused-ring (bicyclic) bond motifs is 5. The van der Waals surface area contributed by atoms with Crippen molar-refractivity contribution < 1.29 is 19.1 Å². The van der Waals surface area contributed by atoms with Crippen LogP contribution in [-0.4, -0.2) is 39.5 Å². The number of esters is 1. The molecule has 48 heavy (non-hydrogen) atoms. The zero-order valence-corrected chi connectivity index (χ0v) is 27.7. The van der Waals surface area contributed by atoms with E-state index >= 15 is 0 Å². The van der Waals surface area contributed by atoms with Crippen LogP contribution in [0.4, 0.5) is 5.69 Å². The minimum atomic E-state index is -0.984. The lowest BCUT2D eigenvalue weighted by Crippen LogP contribution is -2.55. The van der Waals surface area contributed by atoms with E-state index in [0.29, 0.717) is 36.6 Å². The van der Waals surface area contributed by atoms with Gasteiger partial charge in [-0.1, -0.05) is 50.3 Å². The van der Waals surface area contributed by atoms with Crippen molar-refractivity contribution in [3.8, 4) is 11.3 Å². The predicted molar refractivity (Wildman–Crippen MR) is 189 cm³/mol. The fourth-order valence-corrected chi connectivity index (χ4v) is 8.06. The highest BCUT2D eigenvalue weighted by atomic mass is 16.5. The smallest absolute Gasteiger partial charge is 0.330 e. The van der Waals surface area contributed by atoms with Crippen LogP contribution in [0.25, 0.3) is 28.2 Å². The number of hydrogen-bond donors (Lipinski definition) is 2. The normalized spacial score (nSPS) is 17.4. The van der Waals surface area contributed by atoms with Gasteiger partial charge in [-0.15, -0.1) is 0 Å². The number of pyridine rings is 1. The van der Waals surface area contributed by atoms with E-state index < -0.39 is 11.5 Å². The SMILES string of the molecule is CCOC(=O)/C=C/c1ccc(NC(=O)C2(NC(=O)c3ccc4c(C5CCCCC5)c5n(c4c3)CCCc3ncccc3-5)CCCC2)cc1. The van der Waals surface area contributed by atoms with Crippen LogP contribution >= 0.6 is 0 Å². The molecule has 2 aliphatic carbocycles. The molecular formula is C40H44N4O4. The maximum absolute atomic E-state index is 14.0. The molecule has 1 aliphatic heterocycles. The van der Waals surface area contributed by atoms with Crippen molar-refractivity contribution >= 4 is 40.4 Å². The van der Waals surface area contributed by atoms with Crippen molar-refractivity contribution in [1.29, 1.82) is 0 Å². The summed E-state index contributed by atoms with van der Waals surface area (Å²) in [4.78, 5) is 44.2. The van der Waals surface area contributed by atoms with Gasteiger partial charge in [0, 0.05) is 52.2 Å². The quantitative estimate of drug-likeness (QED) is 0.150. The summed E-state index contributed by atoms with van der Waals surface area (Å²) >= 11 is 0. The van der Waals surface area contributed by atoms with Crippen LogP contribution in [0.15, 0.2) is 66.9 Å². The Morgan fingerprint density at radius 3 is 2.54 bits per heavy atom. The maximum atomic E-state index is 14.0. The third kappa shape index (κ3) is 6.28. The van der Waals surface area contributed by atoms with Crippen LogP contribution in [0.2, 0.25) is 0 Å². The topological polar surface area (TPSA) is 102 Å². The van der Waals surface area contributed by atoms with E-state index in [9.17, 15) is 14.4 Å². The van der Waals surface area contributed by atoms with Gasteiger partial charge in [-0.3, -0.25) is 14.6 Å². The van der Waals surface area contributed by atoms with Gasteiger partial charge < -0.3 is 19.9 Å². The van der Waals surface area contributed by atoms with Crippen LogP contribution < -0.4 is 10.6 Å². The van der Waals surface area contributed by atoms with Crippen LogP contribution in [-0.2, 0) is 27.3 Å². The highest BCUT2D eigenvalue weighted by molar-refractivity contribution is 6.06. The van der Waals surface area contributed by atoms with Crippen molar-refractivity contribution in [1.82, 2.24) is 14.9 Å². The first-order valence-electron chi connectivity index (χ1n) is 17.6. The van der Waals surface area contributed by atoms with E-state index in [4.69, 9.17) is 9.72 Å². The molecule has 0 bridgehead atoms.